The minimum Gasteiger partial charge on any atom is -0.464 e. The van der Waals surface area contributed by atoms with Gasteiger partial charge in [0.25, 0.3) is 5.41 Å². The van der Waals surface area contributed by atoms with Crippen LogP contribution in [0.25, 0.3) is 0 Å². The Balaban J connectivity index is 1.86. The number of rotatable bonds is 8. The largest absolute Gasteiger partial charge is 0.464 e. The van der Waals surface area contributed by atoms with Gasteiger partial charge in [0.15, 0.2) is 0 Å². The van der Waals surface area contributed by atoms with Crippen LogP contribution in [-0.2, 0) is 14.4 Å². The maximum atomic E-state index is 13.3. The first-order valence-electron chi connectivity index (χ1n) is 12.0. The average Bonchev–Trinajstić information content (AvgIpc) is 2.68. The Labute approximate surface area is 196 Å². The molecule has 198 valence electrons. The number of ether oxygens (including phenoxy) is 1. The Kier molecular flexibility index (Phi) is 6.91. The summed E-state index contributed by atoms with van der Waals surface area (Å²) < 4.78 is 84.6. The molecule has 2 atom stereocenters. The number of halogens is 6. The molecule has 0 saturated heterocycles. The molecule has 4 nitrogen and oxygen atoms in total. The van der Waals surface area contributed by atoms with E-state index < -0.39 is 47.3 Å². The van der Waals surface area contributed by atoms with Gasteiger partial charge in [-0.2, -0.15) is 26.3 Å². The summed E-state index contributed by atoms with van der Waals surface area (Å²) in [5, 5.41) is 10.0. The fraction of sp³-hybridized carbons (Fsp3) is 0.958. The summed E-state index contributed by atoms with van der Waals surface area (Å²) in [6.07, 6.45) is -6.13. The van der Waals surface area contributed by atoms with Crippen LogP contribution in [0.1, 0.15) is 79.6 Å². The van der Waals surface area contributed by atoms with E-state index in [2.05, 4.69) is 0 Å². The number of hydrogen-bond acceptors (Lipinski definition) is 4. The van der Waals surface area contributed by atoms with Gasteiger partial charge in [0, 0.05) is 10.8 Å². The number of hydrogen-bond donors (Lipinski definition) is 1. The van der Waals surface area contributed by atoms with Crippen LogP contribution in [0.2, 0.25) is 0 Å². The van der Waals surface area contributed by atoms with Crippen LogP contribution in [-0.4, -0.2) is 36.3 Å². The molecule has 2 unspecified atom stereocenters. The molecule has 0 aliphatic heterocycles. The third-order valence-electron chi connectivity index (χ3n) is 9.68. The molecule has 4 saturated carbocycles. The van der Waals surface area contributed by atoms with Gasteiger partial charge in [0.05, 0.1) is 6.61 Å². The molecular formula is C24H36F6O4. The maximum absolute atomic E-state index is 13.3. The lowest BCUT2D eigenvalue weighted by molar-refractivity contribution is -0.352. The summed E-state index contributed by atoms with van der Waals surface area (Å²) in [7, 11) is 0. The zero-order chi connectivity index (χ0) is 26.0. The highest BCUT2D eigenvalue weighted by Gasteiger charge is 2.74. The lowest BCUT2D eigenvalue weighted by Gasteiger charge is -2.64. The first-order chi connectivity index (χ1) is 15.4. The van der Waals surface area contributed by atoms with Gasteiger partial charge in [0.1, 0.15) is 6.10 Å². The molecule has 0 aromatic heterocycles. The van der Waals surface area contributed by atoms with Gasteiger partial charge in [-0.05, 0) is 75.0 Å². The molecule has 4 bridgehead atoms. The van der Waals surface area contributed by atoms with Crippen molar-refractivity contribution in [1.82, 2.24) is 0 Å². The number of carbonyl (C=O) groups excluding carboxylic acids is 1. The van der Waals surface area contributed by atoms with Crippen molar-refractivity contribution in [2.24, 2.45) is 39.4 Å². The van der Waals surface area contributed by atoms with Gasteiger partial charge in [-0.1, -0.05) is 27.7 Å². The monoisotopic (exact) mass is 502 g/mol. The minimum atomic E-state index is -5.88. The molecule has 0 spiro atoms. The van der Waals surface area contributed by atoms with E-state index >= 15 is 0 Å². The van der Waals surface area contributed by atoms with E-state index in [1.165, 1.54) is 19.3 Å². The van der Waals surface area contributed by atoms with Crippen molar-refractivity contribution < 1.29 is 46.0 Å². The normalized spacial score (nSPS) is 32.4. The molecule has 0 aromatic rings. The van der Waals surface area contributed by atoms with Crippen LogP contribution in [0, 0.1) is 39.4 Å². The highest BCUT2D eigenvalue weighted by Crippen LogP contribution is 2.68. The summed E-state index contributed by atoms with van der Waals surface area (Å²) in [6.45, 7) is 6.20. The Morgan fingerprint density at radius 1 is 0.912 bits per heavy atom. The third-order valence-corrected chi connectivity index (χ3v) is 9.68. The van der Waals surface area contributed by atoms with E-state index in [1.54, 1.807) is 13.8 Å². The summed E-state index contributed by atoms with van der Waals surface area (Å²) in [5.74, 6) is -0.670. The standard InChI is InChI=1S/C24H36F6O4/c1-6-20(4,13-33-18(31)21(5,23(25,26)27)24(28,29)30)17(34-32)19(2,3)22-10-14-7-15(11-22)9-16(8-14)12-22/h14-17,32H,6-13H2,1-5H3. The molecule has 4 fully saturated rings. The first-order valence-corrected chi connectivity index (χ1v) is 12.0. The summed E-state index contributed by atoms with van der Waals surface area (Å²) in [4.78, 5) is 17.2. The van der Waals surface area contributed by atoms with Gasteiger partial charge in [0.2, 0.25) is 0 Å². The van der Waals surface area contributed by atoms with E-state index in [1.807, 2.05) is 13.8 Å². The zero-order valence-electron chi connectivity index (χ0n) is 20.4. The van der Waals surface area contributed by atoms with Crippen LogP contribution in [0.4, 0.5) is 26.3 Å². The van der Waals surface area contributed by atoms with Crippen LogP contribution >= 0.6 is 0 Å². The van der Waals surface area contributed by atoms with Crippen molar-refractivity contribution in [3.8, 4) is 0 Å². The smallest absolute Gasteiger partial charge is 0.413 e. The minimum absolute atomic E-state index is 0.165. The molecule has 0 aromatic carbocycles. The Hall–Kier alpha value is -1.03. The fourth-order valence-corrected chi connectivity index (χ4v) is 7.44. The number of alkyl halides is 6. The van der Waals surface area contributed by atoms with E-state index in [4.69, 9.17) is 9.62 Å². The summed E-state index contributed by atoms with van der Waals surface area (Å²) >= 11 is 0. The van der Waals surface area contributed by atoms with Crippen molar-refractivity contribution in [3.05, 3.63) is 0 Å². The molecule has 0 amide bonds. The second kappa shape index (κ2) is 8.53. The molecule has 4 aliphatic carbocycles. The predicted molar refractivity (Wildman–Crippen MR) is 111 cm³/mol. The first kappa shape index (κ1) is 27.6. The predicted octanol–water partition coefficient (Wildman–Crippen LogP) is 7.18. The van der Waals surface area contributed by atoms with Crippen molar-refractivity contribution in [3.63, 3.8) is 0 Å². The zero-order valence-corrected chi connectivity index (χ0v) is 20.4. The lowest BCUT2D eigenvalue weighted by atomic mass is 9.41. The molecule has 0 heterocycles. The number of esters is 1. The van der Waals surface area contributed by atoms with Crippen LogP contribution in [0.3, 0.4) is 0 Å². The van der Waals surface area contributed by atoms with Gasteiger partial charge in [-0.15, -0.1) is 0 Å². The SMILES string of the molecule is CCC(C)(COC(=O)C(C)(C(F)(F)F)C(F)(F)F)C(OO)C(C)(C)C12CC3CC(CC(C3)C1)C2. The lowest BCUT2D eigenvalue weighted by Crippen LogP contribution is -2.61. The van der Waals surface area contributed by atoms with Crippen LogP contribution < -0.4 is 0 Å². The number of carbonyl (C=O) groups is 1. The van der Waals surface area contributed by atoms with Crippen LogP contribution in [0.15, 0.2) is 0 Å². The van der Waals surface area contributed by atoms with Crippen molar-refractivity contribution in [1.29, 1.82) is 0 Å². The van der Waals surface area contributed by atoms with Gasteiger partial charge in [-0.3, -0.25) is 10.1 Å². The molecule has 4 rings (SSSR count). The molecule has 0 radical (unpaired) electrons. The topological polar surface area (TPSA) is 55.8 Å². The van der Waals surface area contributed by atoms with E-state index in [-0.39, 0.29) is 18.8 Å². The van der Waals surface area contributed by atoms with Gasteiger partial charge >= 0.3 is 18.3 Å². The fourth-order valence-electron chi connectivity index (χ4n) is 7.44. The Morgan fingerprint density at radius 2 is 1.32 bits per heavy atom. The van der Waals surface area contributed by atoms with E-state index in [0.717, 1.165) is 19.3 Å². The van der Waals surface area contributed by atoms with Crippen molar-refractivity contribution >= 4 is 5.97 Å². The van der Waals surface area contributed by atoms with Crippen molar-refractivity contribution in [2.45, 2.75) is 98.0 Å². The summed E-state index contributed by atoms with van der Waals surface area (Å²) in [6, 6.07) is 0. The van der Waals surface area contributed by atoms with Gasteiger partial charge < -0.3 is 4.74 Å². The highest BCUT2D eigenvalue weighted by molar-refractivity contribution is 5.78. The second-order valence-electron chi connectivity index (χ2n) is 12.1. The van der Waals surface area contributed by atoms with Gasteiger partial charge in [-0.25, -0.2) is 4.89 Å². The quantitative estimate of drug-likeness (QED) is 0.165. The average molecular weight is 503 g/mol. The van der Waals surface area contributed by atoms with Crippen molar-refractivity contribution in [2.75, 3.05) is 6.61 Å². The molecule has 4 aliphatic rings. The van der Waals surface area contributed by atoms with E-state index in [9.17, 15) is 36.4 Å². The Morgan fingerprint density at radius 3 is 1.65 bits per heavy atom. The third kappa shape index (κ3) is 4.14. The maximum Gasteiger partial charge on any atom is 0.413 e. The van der Waals surface area contributed by atoms with Crippen LogP contribution in [0.5, 0.6) is 0 Å². The highest BCUT2D eigenvalue weighted by atomic mass is 19.4. The molecule has 10 heteroatoms. The van der Waals surface area contributed by atoms with E-state index in [0.29, 0.717) is 17.8 Å². The second-order valence-corrected chi connectivity index (χ2v) is 12.1. The molecule has 34 heavy (non-hydrogen) atoms. The molecule has 1 N–H and O–H groups in total. The molecular weight excluding hydrogens is 466 g/mol. The summed E-state index contributed by atoms with van der Waals surface area (Å²) in [5.41, 5.74) is -6.69. The Bertz CT molecular complexity index is 725.